The summed E-state index contributed by atoms with van der Waals surface area (Å²) in [6.07, 6.45) is 1.50. The Labute approximate surface area is 90.8 Å². The lowest BCUT2D eigenvalue weighted by Crippen LogP contribution is -2.09. The number of fused-ring (bicyclic) bond motifs is 3. The molecular weight excluding hydrogens is 200 g/mol. The topological polar surface area (TPSA) is 65.1 Å². The van der Waals surface area contributed by atoms with Crippen LogP contribution in [0, 0.1) is 0 Å². The van der Waals surface area contributed by atoms with Gasteiger partial charge in [-0.1, -0.05) is 30.3 Å². The van der Waals surface area contributed by atoms with Crippen LogP contribution >= 0.6 is 0 Å². The number of aromatic amines is 1. The molecule has 3 aromatic rings. The van der Waals surface area contributed by atoms with Crippen molar-refractivity contribution in [1.29, 1.82) is 0 Å². The molecule has 1 heterocycles. The van der Waals surface area contributed by atoms with E-state index in [-0.39, 0.29) is 0 Å². The summed E-state index contributed by atoms with van der Waals surface area (Å²) in [4.78, 5) is 10.4. The SMILES string of the molecule is [N-]=[N+]=c1cnc2ccc3ccccc3c2[nH]1. The Hall–Kier alpha value is -2.45. The van der Waals surface area contributed by atoms with Gasteiger partial charge in [0.1, 0.15) is 11.7 Å². The summed E-state index contributed by atoms with van der Waals surface area (Å²) in [5.41, 5.74) is 10.8. The number of hydrogen-bond acceptors (Lipinski definition) is 1. The molecule has 0 amide bonds. The van der Waals surface area contributed by atoms with E-state index in [4.69, 9.17) is 5.53 Å². The van der Waals surface area contributed by atoms with Gasteiger partial charge in [-0.2, -0.15) is 0 Å². The second kappa shape index (κ2) is 3.29. The molecule has 4 nitrogen and oxygen atoms in total. The zero-order valence-electron chi connectivity index (χ0n) is 8.38. The van der Waals surface area contributed by atoms with Crippen LogP contribution in [-0.4, -0.2) is 14.8 Å². The number of nitrogens with zero attached hydrogens (tertiary/aromatic N) is 3. The highest BCUT2D eigenvalue weighted by molar-refractivity contribution is 6.03. The van der Waals surface area contributed by atoms with Crippen molar-refractivity contribution in [2.24, 2.45) is 0 Å². The van der Waals surface area contributed by atoms with Gasteiger partial charge in [0.25, 0.3) is 0 Å². The first-order chi connectivity index (χ1) is 7.88. The predicted molar refractivity (Wildman–Crippen MR) is 60.4 cm³/mol. The maximum Gasteiger partial charge on any atom is 0.376 e. The molecule has 1 aromatic heterocycles. The first-order valence-corrected chi connectivity index (χ1v) is 4.93. The van der Waals surface area contributed by atoms with Gasteiger partial charge >= 0.3 is 5.49 Å². The van der Waals surface area contributed by atoms with E-state index in [0.717, 1.165) is 21.8 Å². The molecular formula is C12H8N4. The van der Waals surface area contributed by atoms with E-state index in [1.807, 2.05) is 36.4 Å². The van der Waals surface area contributed by atoms with Crippen molar-refractivity contribution in [2.45, 2.75) is 0 Å². The zero-order chi connectivity index (χ0) is 11.0. The summed E-state index contributed by atoms with van der Waals surface area (Å²) in [6.45, 7) is 0. The van der Waals surface area contributed by atoms with Gasteiger partial charge < -0.3 is 10.3 Å². The quantitative estimate of drug-likeness (QED) is 0.342. The summed E-state index contributed by atoms with van der Waals surface area (Å²) in [7, 11) is 0. The van der Waals surface area contributed by atoms with E-state index in [0.29, 0.717) is 5.49 Å². The van der Waals surface area contributed by atoms with Gasteiger partial charge in [-0.15, -0.1) is 0 Å². The Morgan fingerprint density at radius 3 is 2.88 bits per heavy atom. The monoisotopic (exact) mass is 208 g/mol. The second-order valence-electron chi connectivity index (χ2n) is 3.55. The largest absolute Gasteiger partial charge is 0.497 e. The molecule has 0 saturated heterocycles. The molecule has 0 aliphatic rings. The first kappa shape index (κ1) is 8.83. The lowest BCUT2D eigenvalue weighted by Gasteiger charge is -1.98. The highest BCUT2D eigenvalue weighted by Crippen LogP contribution is 2.20. The fourth-order valence-corrected chi connectivity index (χ4v) is 1.84. The number of H-pyrrole nitrogens is 1. The first-order valence-electron chi connectivity index (χ1n) is 4.93. The van der Waals surface area contributed by atoms with Gasteiger partial charge in [0, 0.05) is 5.39 Å². The Kier molecular flexibility index (Phi) is 1.82. The van der Waals surface area contributed by atoms with Crippen LogP contribution in [0.5, 0.6) is 0 Å². The maximum atomic E-state index is 8.72. The third-order valence-electron chi connectivity index (χ3n) is 2.59. The molecule has 0 aliphatic carbocycles. The van der Waals surface area contributed by atoms with Crippen LogP contribution in [0.2, 0.25) is 0 Å². The molecule has 0 aliphatic heterocycles. The highest BCUT2D eigenvalue weighted by atomic mass is 14.9. The Balaban J connectivity index is 2.62. The van der Waals surface area contributed by atoms with Crippen molar-refractivity contribution >= 4 is 21.8 Å². The average Bonchev–Trinajstić information content (AvgIpc) is 2.38. The number of benzene rings is 2. The maximum absolute atomic E-state index is 8.72. The Morgan fingerprint density at radius 1 is 1.12 bits per heavy atom. The van der Waals surface area contributed by atoms with Gasteiger partial charge in [-0.3, -0.25) is 0 Å². The van der Waals surface area contributed by atoms with Crippen LogP contribution in [0.1, 0.15) is 0 Å². The number of aromatic nitrogens is 2. The molecule has 0 saturated carbocycles. The van der Waals surface area contributed by atoms with Gasteiger partial charge in [0.2, 0.25) is 0 Å². The van der Waals surface area contributed by atoms with E-state index in [1.54, 1.807) is 0 Å². The standard InChI is InChI=1S/C12H8N4/c13-16-11-7-14-10-6-5-8-3-1-2-4-9(8)12(10)15-11/h1-7,15H. The molecule has 3 rings (SSSR count). The van der Waals surface area contributed by atoms with Gasteiger partial charge in [0.15, 0.2) is 5.52 Å². The van der Waals surface area contributed by atoms with Crippen molar-refractivity contribution in [3.8, 4) is 0 Å². The predicted octanol–water partition coefficient (Wildman–Crippen LogP) is 1.85. The molecule has 1 N–H and O–H groups in total. The number of hydrogen-bond donors (Lipinski definition) is 1. The molecule has 0 spiro atoms. The summed E-state index contributed by atoms with van der Waals surface area (Å²) < 4.78 is 0. The number of rotatable bonds is 0. The van der Waals surface area contributed by atoms with Crippen LogP contribution in [0.25, 0.3) is 27.3 Å². The van der Waals surface area contributed by atoms with Crippen LogP contribution in [0.4, 0.5) is 0 Å². The van der Waals surface area contributed by atoms with Gasteiger partial charge in [0.05, 0.1) is 0 Å². The fraction of sp³-hybridized carbons (Fsp3) is 0. The molecule has 0 bridgehead atoms. The lowest BCUT2D eigenvalue weighted by molar-refractivity contribution is -0.0720. The molecule has 0 atom stereocenters. The summed E-state index contributed by atoms with van der Waals surface area (Å²) >= 11 is 0. The molecule has 4 heteroatoms. The van der Waals surface area contributed by atoms with E-state index < -0.39 is 0 Å². The summed E-state index contributed by atoms with van der Waals surface area (Å²) in [5.74, 6) is 0. The minimum Gasteiger partial charge on any atom is -0.497 e. The smallest absolute Gasteiger partial charge is 0.376 e. The number of nitrogens with one attached hydrogen (secondary N) is 1. The second-order valence-corrected chi connectivity index (χ2v) is 3.55. The summed E-state index contributed by atoms with van der Waals surface area (Å²) in [6, 6.07) is 12.0. The molecule has 76 valence electrons. The molecule has 0 fully saturated rings. The summed E-state index contributed by atoms with van der Waals surface area (Å²) in [5, 5.41) is 2.20. The van der Waals surface area contributed by atoms with Crippen molar-refractivity contribution < 1.29 is 4.79 Å². The highest BCUT2D eigenvalue weighted by Gasteiger charge is 2.04. The third-order valence-corrected chi connectivity index (χ3v) is 2.59. The van der Waals surface area contributed by atoms with E-state index >= 15 is 0 Å². The van der Waals surface area contributed by atoms with E-state index in [1.165, 1.54) is 6.20 Å². The van der Waals surface area contributed by atoms with Crippen molar-refractivity contribution in [3.05, 3.63) is 53.6 Å². The van der Waals surface area contributed by atoms with Gasteiger partial charge in [-0.05, 0) is 11.5 Å². The minimum atomic E-state index is 0.351. The average molecular weight is 208 g/mol. The van der Waals surface area contributed by atoms with Crippen molar-refractivity contribution in [3.63, 3.8) is 0 Å². The van der Waals surface area contributed by atoms with Crippen LogP contribution in [-0.2, 0) is 0 Å². The van der Waals surface area contributed by atoms with Crippen molar-refractivity contribution in [1.82, 2.24) is 9.97 Å². The Bertz CT molecular complexity index is 766. The fourth-order valence-electron chi connectivity index (χ4n) is 1.84. The molecule has 0 radical (unpaired) electrons. The van der Waals surface area contributed by atoms with Gasteiger partial charge in [-0.25, -0.2) is 9.97 Å². The van der Waals surface area contributed by atoms with E-state index in [9.17, 15) is 0 Å². The van der Waals surface area contributed by atoms with E-state index in [2.05, 4.69) is 14.8 Å². The molecule has 2 aromatic carbocycles. The zero-order valence-corrected chi connectivity index (χ0v) is 8.38. The third kappa shape index (κ3) is 1.21. The molecule has 0 unspecified atom stereocenters. The normalized spacial score (nSPS) is 10.5. The Morgan fingerprint density at radius 2 is 2.00 bits per heavy atom. The van der Waals surface area contributed by atoms with Crippen LogP contribution < -0.4 is 5.49 Å². The lowest BCUT2D eigenvalue weighted by atomic mass is 10.1. The van der Waals surface area contributed by atoms with Crippen molar-refractivity contribution in [2.75, 3.05) is 0 Å². The molecule has 16 heavy (non-hydrogen) atoms. The minimum absolute atomic E-state index is 0.351. The van der Waals surface area contributed by atoms with Crippen LogP contribution in [0.15, 0.2) is 42.6 Å². The van der Waals surface area contributed by atoms with Crippen LogP contribution in [0.3, 0.4) is 0 Å².